The van der Waals surface area contributed by atoms with Crippen molar-refractivity contribution in [1.82, 2.24) is 0 Å². The summed E-state index contributed by atoms with van der Waals surface area (Å²) in [7, 11) is 0. The van der Waals surface area contributed by atoms with Crippen molar-refractivity contribution >= 4 is 11.6 Å². The van der Waals surface area contributed by atoms with Crippen molar-refractivity contribution in [3.05, 3.63) is 28.3 Å². The Hall–Kier alpha value is -0.730. The molecule has 21 heavy (non-hydrogen) atoms. The van der Waals surface area contributed by atoms with Gasteiger partial charge in [0.2, 0.25) is 0 Å². The van der Waals surface area contributed by atoms with E-state index in [1.165, 1.54) is 17.5 Å². The van der Waals surface area contributed by atoms with E-state index in [0.29, 0.717) is 22.8 Å². The van der Waals surface area contributed by atoms with Crippen LogP contribution in [-0.4, -0.2) is 16.3 Å². The smallest absolute Gasteiger partial charge is 0.134 e. The third kappa shape index (κ3) is 1.82. The largest absolute Gasteiger partial charge is 0.506 e. The Morgan fingerprint density at radius 1 is 1.19 bits per heavy atom. The van der Waals surface area contributed by atoms with Gasteiger partial charge < -0.3 is 10.2 Å². The monoisotopic (exact) mass is 306 g/mol. The summed E-state index contributed by atoms with van der Waals surface area (Å²) in [6, 6.07) is 3.84. The Bertz CT molecular complexity index is 585. The number of halogens is 1. The molecule has 4 rings (SSSR count). The summed E-state index contributed by atoms with van der Waals surface area (Å²) < 4.78 is 0. The highest BCUT2D eigenvalue weighted by Gasteiger charge is 2.54. The van der Waals surface area contributed by atoms with Gasteiger partial charge >= 0.3 is 0 Å². The molecule has 0 bridgehead atoms. The third-order valence-corrected chi connectivity index (χ3v) is 7.20. The first-order chi connectivity index (χ1) is 10.0. The summed E-state index contributed by atoms with van der Waals surface area (Å²) in [5, 5.41) is 20.8. The molecule has 0 amide bonds. The number of aliphatic hydroxyl groups excluding tert-OH is 1. The zero-order chi connectivity index (χ0) is 14.8. The standard InChI is InChI=1S/C18H23ClO2/c1-18-9-8-11-10-4-6-15(20)17(19)13(10)3-2-12(11)14(18)5-7-16(18)21/h4,6,11-12,14,16,20-21H,2-3,5,7-9H2,1H3/t11-,12-,14+,16+,18+/m1/s1. The van der Waals surface area contributed by atoms with Gasteiger partial charge in [0, 0.05) is 0 Å². The lowest BCUT2D eigenvalue weighted by atomic mass is 9.55. The summed E-state index contributed by atoms with van der Waals surface area (Å²) in [6.45, 7) is 2.30. The normalized spacial score (nSPS) is 41.3. The molecule has 114 valence electrons. The number of phenolic OH excluding ortho intramolecular Hbond substituents is 1. The SMILES string of the molecule is C[C@]12CC[C@@H]3c4ccc(O)c(Cl)c4CC[C@H]3[C@@H]1CC[C@@H]2O. The Kier molecular flexibility index (Phi) is 3.07. The summed E-state index contributed by atoms with van der Waals surface area (Å²) in [6.07, 6.45) is 6.38. The van der Waals surface area contributed by atoms with Crippen LogP contribution < -0.4 is 0 Å². The van der Waals surface area contributed by atoms with E-state index in [-0.39, 0.29) is 17.3 Å². The van der Waals surface area contributed by atoms with Crippen LogP contribution in [0.4, 0.5) is 0 Å². The zero-order valence-corrected chi connectivity index (χ0v) is 13.2. The Labute approximate surface area is 131 Å². The van der Waals surface area contributed by atoms with Gasteiger partial charge in [-0.15, -0.1) is 0 Å². The Morgan fingerprint density at radius 2 is 2.00 bits per heavy atom. The van der Waals surface area contributed by atoms with Crippen LogP contribution in [0.1, 0.15) is 56.1 Å². The maximum atomic E-state index is 10.4. The van der Waals surface area contributed by atoms with Crippen LogP contribution in [0, 0.1) is 17.3 Å². The average molecular weight is 307 g/mol. The van der Waals surface area contributed by atoms with Gasteiger partial charge in [-0.3, -0.25) is 0 Å². The molecule has 3 heteroatoms. The van der Waals surface area contributed by atoms with E-state index in [9.17, 15) is 10.2 Å². The molecule has 1 aromatic rings. The number of hydrogen-bond acceptors (Lipinski definition) is 2. The van der Waals surface area contributed by atoms with Crippen LogP contribution in [0.5, 0.6) is 5.75 Å². The van der Waals surface area contributed by atoms with Gasteiger partial charge in [-0.25, -0.2) is 0 Å². The third-order valence-electron chi connectivity index (χ3n) is 6.77. The molecule has 0 unspecified atom stereocenters. The molecular formula is C18H23ClO2. The Balaban J connectivity index is 1.74. The maximum Gasteiger partial charge on any atom is 0.134 e. The van der Waals surface area contributed by atoms with E-state index < -0.39 is 0 Å². The minimum Gasteiger partial charge on any atom is -0.506 e. The molecule has 0 saturated heterocycles. The Morgan fingerprint density at radius 3 is 2.81 bits per heavy atom. The topological polar surface area (TPSA) is 40.5 Å². The van der Waals surface area contributed by atoms with Crippen LogP contribution in [0.3, 0.4) is 0 Å². The van der Waals surface area contributed by atoms with Crippen molar-refractivity contribution in [3.63, 3.8) is 0 Å². The van der Waals surface area contributed by atoms with Crippen molar-refractivity contribution in [2.75, 3.05) is 0 Å². The van der Waals surface area contributed by atoms with Crippen molar-refractivity contribution in [2.24, 2.45) is 17.3 Å². The fourth-order valence-corrected chi connectivity index (χ4v) is 5.85. The maximum absolute atomic E-state index is 10.4. The van der Waals surface area contributed by atoms with E-state index >= 15 is 0 Å². The van der Waals surface area contributed by atoms with Crippen LogP contribution in [-0.2, 0) is 6.42 Å². The highest BCUT2D eigenvalue weighted by atomic mass is 35.5. The van der Waals surface area contributed by atoms with Crippen LogP contribution in [0.15, 0.2) is 12.1 Å². The zero-order valence-electron chi connectivity index (χ0n) is 12.5. The second kappa shape index (κ2) is 4.63. The van der Waals surface area contributed by atoms with Crippen molar-refractivity contribution < 1.29 is 10.2 Å². The summed E-state index contributed by atoms with van der Waals surface area (Å²) in [5.41, 5.74) is 2.65. The van der Waals surface area contributed by atoms with Crippen LogP contribution in [0.25, 0.3) is 0 Å². The van der Waals surface area contributed by atoms with Gasteiger partial charge in [-0.05, 0) is 78.9 Å². The predicted molar refractivity (Wildman–Crippen MR) is 83.7 cm³/mol. The van der Waals surface area contributed by atoms with E-state index in [1.807, 2.05) is 0 Å². The second-order valence-electron chi connectivity index (χ2n) is 7.52. The van der Waals surface area contributed by atoms with Gasteiger partial charge in [0.05, 0.1) is 11.1 Å². The molecule has 2 fully saturated rings. The van der Waals surface area contributed by atoms with E-state index in [1.54, 1.807) is 6.07 Å². The predicted octanol–water partition coefficient (Wildman–Crippen LogP) is 4.26. The molecule has 0 heterocycles. The molecule has 2 saturated carbocycles. The molecule has 0 aliphatic heterocycles. The van der Waals surface area contributed by atoms with Gasteiger partial charge in [-0.1, -0.05) is 24.6 Å². The molecule has 0 aromatic heterocycles. The lowest BCUT2D eigenvalue weighted by molar-refractivity contribution is -0.0226. The van der Waals surface area contributed by atoms with Gasteiger partial charge in [0.25, 0.3) is 0 Å². The number of fused-ring (bicyclic) bond motifs is 5. The molecule has 1 aromatic carbocycles. The minimum atomic E-state index is -0.117. The van der Waals surface area contributed by atoms with Gasteiger partial charge in [0.15, 0.2) is 0 Å². The lowest BCUT2D eigenvalue weighted by Crippen LogP contribution is -2.43. The number of aliphatic hydroxyl groups is 1. The molecule has 0 spiro atoms. The fourth-order valence-electron chi connectivity index (χ4n) is 5.58. The van der Waals surface area contributed by atoms with Gasteiger partial charge in [0.1, 0.15) is 5.75 Å². The van der Waals surface area contributed by atoms with E-state index in [2.05, 4.69) is 13.0 Å². The summed E-state index contributed by atoms with van der Waals surface area (Å²) >= 11 is 6.31. The van der Waals surface area contributed by atoms with Crippen LogP contribution in [0.2, 0.25) is 5.02 Å². The number of benzene rings is 1. The highest BCUT2D eigenvalue weighted by molar-refractivity contribution is 6.32. The molecule has 3 aliphatic rings. The number of hydrogen-bond donors (Lipinski definition) is 2. The molecule has 3 aliphatic carbocycles. The number of phenols is 1. The van der Waals surface area contributed by atoms with E-state index in [0.717, 1.165) is 32.1 Å². The number of aromatic hydroxyl groups is 1. The first kappa shape index (κ1) is 13.9. The van der Waals surface area contributed by atoms with E-state index in [4.69, 9.17) is 11.6 Å². The summed E-state index contributed by atoms with van der Waals surface area (Å²) in [5.74, 6) is 2.10. The van der Waals surface area contributed by atoms with Crippen LogP contribution >= 0.6 is 11.6 Å². The quantitative estimate of drug-likeness (QED) is 0.752. The molecule has 2 nitrogen and oxygen atoms in total. The fraction of sp³-hybridized carbons (Fsp3) is 0.667. The highest BCUT2D eigenvalue weighted by Crippen LogP contribution is 2.61. The second-order valence-corrected chi connectivity index (χ2v) is 7.90. The molecule has 0 radical (unpaired) electrons. The molecule has 5 atom stereocenters. The minimum absolute atomic E-state index is 0.117. The molecule has 2 N–H and O–H groups in total. The number of rotatable bonds is 0. The first-order valence-corrected chi connectivity index (χ1v) is 8.58. The van der Waals surface area contributed by atoms with Crippen molar-refractivity contribution in [2.45, 2.75) is 57.5 Å². The molecular weight excluding hydrogens is 284 g/mol. The lowest BCUT2D eigenvalue weighted by Gasteiger charge is -2.50. The van der Waals surface area contributed by atoms with Gasteiger partial charge in [-0.2, -0.15) is 0 Å². The first-order valence-electron chi connectivity index (χ1n) is 8.20. The van der Waals surface area contributed by atoms with Crippen molar-refractivity contribution in [1.29, 1.82) is 0 Å². The van der Waals surface area contributed by atoms with Crippen molar-refractivity contribution in [3.8, 4) is 5.75 Å². The summed E-state index contributed by atoms with van der Waals surface area (Å²) in [4.78, 5) is 0. The average Bonchev–Trinajstić information content (AvgIpc) is 2.78.